The molecule has 0 aliphatic carbocycles. The molecule has 0 saturated carbocycles. The van der Waals surface area contributed by atoms with Gasteiger partial charge >= 0.3 is 20.2 Å². The number of rotatable bonds is 5. The predicted molar refractivity (Wildman–Crippen MR) is 94.1 cm³/mol. The van der Waals surface area contributed by atoms with Gasteiger partial charge in [-0.15, -0.1) is 0 Å². The normalized spacial score (nSPS) is 17.2. The van der Waals surface area contributed by atoms with E-state index in [0.717, 1.165) is 18.2 Å². The molecule has 2 rings (SSSR count). The molecule has 0 saturated heterocycles. The Morgan fingerprint density at radius 1 is 1.22 bits per heavy atom. The number of carbonyl (C=O) groups excluding carboxylic acids is 2. The van der Waals surface area contributed by atoms with Crippen LogP contribution in [0.15, 0.2) is 24.3 Å². The lowest BCUT2D eigenvalue weighted by molar-refractivity contribution is -0.250. The Hall–Kier alpha value is -1.77. The van der Waals surface area contributed by atoms with Crippen molar-refractivity contribution in [1.82, 2.24) is 5.32 Å². The molecule has 1 heterocycles. The van der Waals surface area contributed by atoms with Crippen LogP contribution in [-0.4, -0.2) is 37.4 Å². The maximum atomic E-state index is 12.7. The zero-order valence-electron chi connectivity index (χ0n) is 15.7. The number of phosphoric acid groups is 1. The van der Waals surface area contributed by atoms with E-state index in [1.54, 1.807) is 20.8 Å². The van der Waals surface area contributed by atoms with Crippen LogP contribution < -0.4 is 10.2 Å². The highest BCUT2D eigenvalue weighted by Crippen LogP contribution is 2.56. The molecule has 1 aromatic rings. The summed E-state index contributed by atoms with van der Waals surface area (Å²) in [4.78, 5) is 36.5. The highest BCUT2D eigenvalue weighted by atomic mass is 31.2. The van der Waals surface area contributed by atoms with Crippen LogP contribution >= 0.6 is 8.17 Å². The summed E-state index contributed by atoms with van der Waals surface area (Å²) in [5.41, 5.74) is 0.905. The fourth-order valence-corrected chi connectivity index (χ4v) is 3.32. The fourth-order valence-electron chi connectivity index (χ4n) is 2.17. The molecule has 9 nitrogen and oxygen atoms in total. The van der Waals surface area contributed by atoms with E-state index >= 15 is 0 Å². The third kappa shape index (κ3) is 6.71. The molecule has 0 aromatic heterocycles. The second-order valence-electron chi connectivity index (χ2n) is 6.78. The van der Waals surface area contributed by atoms with Crippen molar-refractivity contribution in [3.63, 3.8) is 0 Å². The molecular formula is C17H24NO8P. The van der Waals surface area contributed by atoms with Crippen LogP contribution in [0.3, 0.4) is 0 Å². The highest BCUT2D eigenvalue weighted by Gasteiger charge is 2.38. The highest BCUT2D eigenvalue weighted by molar-refractivity contribution is 7.53. The summed E-state index contributed by atoms with van der Waals surface area (Å²) in [5, 5.41) is 2.32. The van der Waals surface area contributed by atoms with Crippen LogP contribution in [0.5, 0.6) is 0 Å². The van der Waals surface area contributed by atoms with Gasteiger partial charge in [-0.05, 0) is 31.9 Å². The van der Waals surface area contributed by atoms with Crippen LogP contribution in [0.4, 0.5) is 4.79 Å². The molecule has 0 bridgehead atoms. The van der Waals surface area contributed by atoms with Gasteiger partial charge in [0.1, 0.15) is 25.4 Å². The van der Waals surface area contributed by atoms with E-state index in [9.17, 15) is 14.5 Å². The van der Waals surface area contributed by atoms with Crippen LogP contribution in [0.2, 0.25) is 0 Å². The van der Waals surface area contributed by atoms with Crippen molar-refractivity contribution in [2.45, 2.75) is 45.6 Å². The van der Waals surface area contributed by atoms with Crippen molar-refractivity contribution in [3.05, 3.63) is 35.4 Å². The molecule has 150 valence electrons. The van der Waals surface area contributed by atoms with E-state index in [-0.39, 0.29) is 13.2 Å². The van der Waals surface area contributed by atoms with Crippen LogP contribution in [0.1, 0.15) is 31.9 Å². The van der Waals surface area contributed by atoms with Gasteiger partial charge in [0.25, 0.3) is 0 Å². The number of hydrogen-bond donors (Lipinski definition) is 1. The molecule has 1 atom stereocenters. The second kappa shape index (κ2) is 8.95. The lowest BCUT2D eigenvalue weighted by Crippen LogP contribution is -2.47. The molecule has 0 radical (unpaired) electrons. The molecule has 27 heavy (non-hydrogen) atoms. The summed E-state index contributed by atoms with van der Waals surface area (Å²) < 4.78 is 25.5. The van der Waals surface area contributed by atoms with Gasteiger partial charge in [0.05, 0.1) is 7.11 Å². The number of benzene rings is 1. The van der Waals surface area contributed by atoms with Crippen molar-refractivity contribution in [3.8, 4) is 0 Å². The van der Waals surface area contributed by atoms with Crippen LogP contribution in [-0.2, 0) is 41.1 Å². The minimum absolute atomic E-state index is 0.0375. The third-order valence-corrected chi connectivity index (χ3v) is 4.81. The number of fused-ring (bicyclic) bond motifs is 1. The summed E-state index contributed by atoms with van der Waals surface area (Å²) in [6.07, 6.45) is -0.838. The van der Waals surface area contributed by atoms with E-state index in [1.807, 2.05) is 24.3 Å². The Bertz CT molecular complexity index is 648. The molecule has 1 amide bonds. The Morgan fingerprint density at radius 2 is 1.78 bits per heavy atom. The van der Waals surface area contributed by atoms with Gasteiger partial charge in [-0.1, -0.05) is 24.3 Å². The third-order valence-electron chi connectivity index (χ3n) is 3.45. The Morgan fingerprint density at radius 3 is 2.26 bits per heavy atom. The first-order valence-corrected chi connectivity index (χ1v) is 9.76. The quantitative estimate of drug-likeness (QED) is 0.587. The summed E-state index contributed by atoms with van der Waals surface area (Å²) in [5.74, 6) is -0.787. The van der Waals surface area contributed by atoms with Crippen molar-refractivity contribution in [2.24, 2.45) is 0 Å². The molecule has 0 spiro atoms. The van der Waals surface area contributed by atoms with E-state index in [1.165, 1.54) is 0 Å². The minimum Gasteiger partial charge on any atom is -0.606 e. The first kappa shape index (κ1) is 21.5. The lowest BCUT2D eigenvalue weighted by atomic mass is 10.1. The first-order chi connectivity index (χ1) is 12.6. The summed E-state index contributed by atoms with van der Waals surface area (Å²) in [7, 11) is -2.77. The number of methoxy groups -OCH3 is 1. The molecule has 1 aliphatic heterocycles. The predicted octanol–water partition coefficient (Wildman–Crippen LogP) is 1.85. The number of alkyl carbamates (subject to hydrolysis) is 1. The average molecular weight is 401 g/mol. The number of hydrogen-bond acceptors (Lipinski definition) is 8. The number of carbonyl (C=O) groups is 2. The number of phosphoric ester groups is 1. The molecule has 0 unspecified atom stereocenters. The molecule has 1 aromatic carbocycles. The maximum Gasteiger partial charge on any atom is 0.408 e. The monoisotopic (exact) mass is 401 g/mol. The molecule has 1 aliphatic rings. The van der Waals surface area contributed by atoms with E-state index in [0.29, 0.717) is 0 Å². The van der Waals surface area contributed by atoms with E-state index < -0.39 is 38.5 Å². The van der Waals surface area contributed by atoms with Crippen LogP contribution in [0, 0.1) is 0 Å². The Labute approximate surface area is 158 Å². The van der Waals surface area contributed by atoms with Gasteiger partial charge in [0.2, 0.25) is 0 Å². The smallest absolute Gasteiger partial charge is 0.408 e. The van der Waals surface area contributed by atoms with Gasteiger partial charge in [-0.2, -0.15) is 13.6 Å². The lowest BCUT2D eigenvalue weighted by Gasteiger charge is -2.26. The molecule has 0 fully saturated rings. The first-order valence-electron chi connectivity index (χ1n) is 8.30. The van der Waals surface area contributed by atoms with E-state index in [2.05, 4.69) is 10.1 Å². The van der Waals surface area contributed by atoms with Gasteiger partial charge in [-0.3, -0.25) is 0 Å². The van der Waals surface area contributed by atoms with Gasteiger partial charge < -0.3 is 19.7 Å². The van der Waals surface area contributed by atoms with Crippen molar-refractivity contribution in [1.29, 1.82) is 0 Å². The summed E-state index contributed by atoms with van der Waals surface area (Å²) in [6, 6.07) is 6.08. The zero-order valence-corrected chi connectivity index (χ0v) is 16.6. The zero-order chi connectivity index (χ0) is 20.1. The van der Waals surface area contributed by atoms with Crippen molar-refractivity contribution in [2.75, 3.05) is 13.7 Å². The number of esters is 1. The fraction of sp³-hybridized carbons (Fsp3) is 0.529. The number of ether oxygens (including phenoxy) is 2. The minimum atomic E-state index is -3.93. The van der Waals surface area contributed by atoms with Gasteiger partial charge in [-0.25, -0.2) is 9.59 Å². The van der Waals surface area contributed by atoms with Crippen LogP contribution in [0.25, 0.3) is 0 Å². The van der Waals surface area contributed by atoms with Gasteiger partial charge in [0, 0.05) is 0 Å². The second-order valence-corrected chi connectivity index (χ2v) is 8.45. The summed E-state index contributed by atoms with van der Waals surface area (Å²) >= 11 is 0. The summed E-state index contributed by atoms with van der Waals surface area (Å²) in [6.45, 7) is 4.64. The SMILES string of the molecule is COC(=O)[C@H](CO[P+]1([O-])OCc2ccccc2CO1)NC(=O)OC(C)(C)C. The average Bonchev–Trinajstić information content (AvgIpc) is 2.76. The topological polar surface area (TPSA) is 115 Å². The molecule has 10 heteroatoms. The Kier molecular flexibility index (Phi) is 7.13. The molecule has 1 N–H and O–H groups in total. The molecular weight excluding hydrogens is 377 g/mol. The van der Waals surface area contributed by atoms with Gasteiger partial charge in [0.15, 0.2) is 6.04 Å². The maximum absolute atomic E-state index is 12.7. The van der Waals surface area contributed by atoms with Crippen molar-refractivity contribution >= 4 is 20.2 Å². The standard InChI is InChI=1S/C17H24NO8P/c1-17(2,3)26-16(20)18-14(15(19)22-4)11-25-27(21)23-9-12-7-5-6-8-13(12)10-24-27/h5-8,14H,9-11H2,1-4H3,(H,18,20)/t14-/m0/s1. The largest absolute Gasteiger partial charge is 0.606 e. The number of amides is 1. The number of nitrogens with one attached hydrogen (secondary N) is 1. The Balaban J connectivity index is 1.97. The van der Waals surface area contributed by atoms with E-state index in [4.69, 9.17) is 18.3 Å². The van der Waals surface area contributed by atoms with Crippen molar-refractivity contribution < 1.29 is 37.5 Å².